The Morgan fingerprint density at radius 1 is 1.37 bits per heavy atom. The number of ether oxygens (including phenoxy) is 2. The van der Waals surface area contributed by atoms with Crippen LogP contribution in [0, 0.1) is 11.2 Å². The summed E-state index contributed by atoms with van der Waals surface area (Å²) >= 11 is 6.18. The van der Waals surface area contributed by atoms with Crippen molar-refractivity contribution in [2.45, 2.75) is 45.3 Å². The minimum atomic E-state index is -0.524. The number of nitrogens with zero attached hydrogens (tertiary/aromatic N) is 2. The van der Waals surface area contributed by atoms with E-state index in [-0.39, 0.29) is 23.2 Å². The first-order valence-corrected chi connectivity index (χ1v) is 10.3. The fraction of sp³-hybridized carbons (Fsp3) is 0.455. The van der Waals surface area contributed by atoms with Crippen LogP contribution in [-0.4, -0.2) is 40.8 Å². The van der Waals surface area contributed by atoms with E-state index in [1.165, 1.54) is 12.1 Å². The highest BCUT2D eigenvalue weighted by atomic mass is 35.5. The third-order valence-electron chi connectivity index (χ3n) is 5.57. The maximum atomic E-state index is 13.8. The van der Waals surface area contributed by atoms with Crippen LogP contribution in [0.5, 0.6) is 5.88 Å². The predicted molar refractivity (Wildman–Crippen MR) is 113 cm³/mol. The number of halogens is 2. The van der Waals surface area contributed by atoms with Crippen molar-refractivity contribution in [1.29, 1.82) is 0 Å². The highest BCUT2D eigenvalue weighted by Crippen LogP contribution is 2.52. The molecule has 30 heavy (non-hydrogen) atoms. The van der Waals surface area contributed by atoms with Gasteiger partial charge in [0, 0.05) is 41.4 Å². The second-order valence-electron chi connectivity index (χ2n) is 9.20. The van der Waals surface area contributed by atoms with Crippen LogP contribution < -0.4 is 10.5 Å². The predicted octanol–water partition coefficient (Wildman–Crippen LogP) is 4.90. The van der Waals surface area contributed by atoms with Gasteiger partial charge in [0.05, 0.1) is 17.3 Å². The number of carbonyl (C=O) groups excluding carboxylic acids is 1. The molecule has 0 spiro atoms. The van der Waals surface area contributed by atoms with E-state index in [0.717, 1.165) is 12.8 Å². The molecule has 6 nitrogen and oxygen atoms in total. The van der Waals surface area contributed by atoms with E-state index in [1.54, 1.807) is 18.3 Å². The van der Waals surface area contributed by atoms with Gasteiger partial charge < -0.3 is 20.1 Å². The Morgan fingerprint density at radius 3 is 2.73 bits per heavy atom. The minimum absolute atomic E-state index is 0.00621. The van der Waals surface area contributed by atoms with Crippen molar-refractivity contribution >= 4 is 23.4 Å². The Morgan fingerprint density at radius 2 is 2.10 bits per heavy atom. The summed E-state index contributed by atoms with van der Waals surface area (Å²) in [5.41, 5.74) is 6.18. The van der Waals surface area contributed by atoms with Gasteiger partial charge in [-0.05, 0) is 51.8 Å². The maximum Gasteiger partial charge on any atom is 0.410 e. The Bertz CT molecular complexity index is 969. The monoisotopic (exact) mass is 433 g/mol. The van der Waals surface area contributed by atoms with Gasteiger partial charge in [-0.1, -0.05) is 11.6 Å². The molecule has 0 atom stereocenters. The Balaban J connectivity index is 1.37. The van der Waals surface area contributed by atoms with E-state index in [9.17, 15) is 9.18 Å². The van der Waals surface area contributed by atoms with Crippen LogP contribution >= 0.6 is 11.6 Å². The van der Waals surface area contributed by atoms with E-state index in [2.05, 4.69) is 4.98 Å². The number of hydrogen-bond donors (Lipinski definition) is 1. The van der Waals surface area contributed by atoms with Crippen LogP contribution in [0.15, 0.2) is 30.5 Å². The van der Waals surface area contributed by atoms with Crippen LogP contribution in [0.25, 0.3) is 11.1 Å². The highest BCUT2D eigenvalue weighted by molar-refractivity contribution is 6.33. The molecular weight excluding hydrogens is 409 g/mol. The van der Waals surface area contributed by atoms with E-state index >= 15 is 0 Å². The molecule has 2 aromatic rings. The molecule has 0 radical (unpaired) electrons. The molecule has 5 rings (SSSR count). The van der Waals surface area contributed by atoms with Gasteiger partial charge in [-0.3, -0.25) is 0 Å². The van der Waals surface area contributed by atoms with Gasteiger partial charge in [0.15, 0.2) is 0 Å². The lowest BCUT2D eigenvalue weighted by Gasteiger charge is -2.36. The molecule has 1 aromatic heterocycles. The number of benzene rings is 1. The van der Waals surface area contributed by atoms with Crippen molar-refractivity contribution in [3.63, 3.8) is 0 Å². The van der Waals surface area contributed by atoms with Crippen LogP contribution in [0.4, 0.5) is 14.9 Å². The van der Waals surface area contributed by atoms with Gasteiger partial charge in [-0.15, -0.1) is 0 Å². The molecule has 1 aromatic carbocycles. The number of nitrogen functional groups attached to an aromatic ring is 1. The van der Waals surface area contributed by atoms with Crippen LogP contribution in [0.1, 0.15) is 33.6 Å². The first kappa shape index (κ1) is 20.7. The summed E-state index contributed by atoms with van der Waals surface area (Å²) in [4.78, 5) is 18.5. The molecule has 3 aliphatic rings. The average molecular weight is 434 g/mol. The highest BCUT2D eigenvalue weighted by Gasteiger charge is 2.58. The molecule has 3 heterocycles. The van der Waals surface area contributed by atoms with Gasteiger partial charge in [0.1, 0.15) is 11.4 Å². The van der Waals surface area contributed by atoms with Crippen LogP contribution in [0.3, 0.4) is 0 Å². The number of rotatable bonds is 4. The molecule has 1 amide bonds. The fourth-order valence-electron chi connectivity index (χ4n) is 4.11. The normalized spacial score (nSPS) is 22.6. The summed E-state index contributed by atoms with van der Waals surface area (Å²) in [7, 11) is 0. The van der Waals surface area contributed by atoms with Crippen molar-refractivity contribution in [2.24, 2.45) is 5.41 Å². The number of pyridine rings is 1. The first-order valence-electron chi connectivity index (χ1n) is 9.89. The Kier molecular flexibility index (Phi) is 5.04. The molecule has 1 aliphatic carbocycles. The van der Waals surface area contributed by atoms with Crippen LogP contribution in [-0.2, 0) is 4.74 Å². The molecule has 2 bridgehead atoms. The summed E-state index contributed by atoms with van der Waals surface area (Å²) in [6.45, 7) is 6.71. The topological polar surface area (TPSA) is 77.7 Å². The van der Waals surface area contributed by atoms with Gasteiger partial charge in [0.2, 0.25) is 5.88 Å². The summed E-state index contributed by atoms with van der Waals surface area (Å²) in [6, 6.07) is 6.42. The third kappa shape index (κ3) is 4.03. The third-order valence-corrected chi connectivity index (χ3v) is 5.88. The molecule has 1 saturated carbocycles. The number of aromatic nitrogens is 1. The van der Waals surface area contributed by atoms with Gasteiger partial charge >= 0.3 is 6.09 Å². The fourth-order valence-corrected chi connectivity index (χ4v) is 4.39. The van der Waals surface area contributed by atoms with E-state index in [0.29, 0.717) is 35.2 Å². The molecule has 3 fully saturated rings. The largest absolute Gasteiger partial charge is 0.477 e. The number of amides is 1. The van der Waals surface area contributed by atoms with Gasteiger partial charge in [0.25, 0.3) is 0 Å². The van der Waals surface area contributed by atoms with Gasteiger partial charge in [-0.25, -0.2) is 14.2 Å². The summed E-state index contributed by atoms with van der Waals surface area (Å²) in [5, 5.41) is 0.358. The molecule has 2 saturated heterocycles. The van der Waals surface area contributed by atoms with Crippen molar-refractivity contribution in [3.8, 4) is 17.0 Å². The number of anilines is 1. The SMILES string of the molecule is CC(C)(C)OC(=O)N1CC2(COc3ccc(-c4cc(F)c(N)cc4Cl)cn3)CC1C2. The van der Waals surface area contributed by atoms with E-state index < -0.39 is 11.4 Å². The zero-order valence-corrected chi connectivity index (χ0v) is 18.0. The zero-order valence-electron chi connectivity index (χ0n) is 17.2. The number of fused-ring (bicyclic) bond motifs is 1. The number of carbonyl (C=O) groups is 1. The quantitative estimate of drug-likeness (QED) is 0.694. The Labute approximate surface area is 180 Å². The smallest absolute Gasteiger partial charge is 0.410 e. The molecule has 8 heteroatoms. The summed E-state index contributed by atoms with van der Waals surface area (Å²) < 4.78 is 25.2. The standard InChI is InChI=1S/C22H25ClFN3O3/c1-21(2,3)30-20(28)27-11-22(8-14(27)9-22)12-29-19-5-4-13(10-26-19)15-6-17(24)18(25)7-16(15)23/h4-7,10,14H,8-9,11-12,25H2,1-3H3. The lowest BCUT2D eigenvalue weighted by Crippen LogP contribution is -2.40. The number of hydrogen-bond acceptors (Lipinski definition) is 5. The molecule has 0 unspecified atom stereocenters. The van der Waals surface area contributed by atoms with E-state index in [1.807, 2.05) is 25.7 Å². The molecular formula is C22H25ClFN3O3. The zero-order chi connectivity index (χ0) is 21.7. The van der Waals surface area contributed by atoms with Crippen molar-refractivity contribution in [1.82, 2.24) is 9.88 Å². The second kappa shape index (κ2) is 7.30. The summed E-state index contributed by atoms with van der Waals surface area (Å²) in [6.07, 6.45) is 3.15. The lowest BCUT2D eigenvalue weighted by atomic mass is 9.71. The lowest BCUT2D eigenvalue weighted by molar-refractivity contribution is 0.0240. The first-order chi connectivity index (χ1) is 14.1. The maximum absolute atomic E-state index is 13.8. The molecule has 2 aliphatic heterocycles. The minimum Gasteiger partial charge on any atom is -0.477 e. The number of nitrogens with two attached hydrogens (primary N) is 1. The van der Waals surface area contributed by atoms with E-state index in [4.69, 9.17) is 26.8 Å². The molecule has 160 valence electrons. The van der Waals surface area contributed by atoms with Gasteiger partial charge in [-0.2, -0.15) is 0 Å². The average Bonchev–Trinajstić information content (AvgIpc) is 3.18. The van der Waals surface area contributed by atoms with Crippen molar-refractivity contribution in [3.05, 3.63) is 41.3 Å². The molecule has 2 N–H and O–H groups in total. The second-order valence-corrected chi connectivity index (χ2v) is 9.60. The van der Waals surface area contributed by atoms with Crippen LogP contribution in [0.2, 0.25) is 5.02 Å². The van der Waals surface area contributed by atoms with Crippen molar-refractivity contribution in [2.75, 3.05) is 18.9 Å². The summed E-state index contributed by atoms with van der Waals surface area (Å²) in [5.74, 6) is -0.0523. The Hall–Kier alpha value is -2.54. The van der Waals surface area contributed by atoms with Crippen molar-refractivity contribution < 1.29 is 18.7 Å².